The van der Waals surface area contributed by atoms with Crippen LogP contribution in [-0.2, 0) is 9.59 Å². The molecule has 0 aromatic rings. The van der Waals surface area contributed by atoms with Gasteiger partial charge in [-0.15, -0.1) is 0 Å². The van der Waals surface area contributed by atoms with Gasteiger partial charge in [0.05, 0.1) is 6.54 Å². The standard InChI is InChI=1S/C16H29NO2S2/c1-4-15(2)11-20-8-5-9-21-12-16(3,14(19)10-17)7-6-13(15)18/h4-12,17H2,1-3H3/t15-,16-/m0/s1. The number of nitrogens with two attached hydrogens (primary N) is 1. The lowest BCUT2D eigenvalue weighted by atomic mass is 9.77. The van der Waals surface area contributed by atoms with Gasteiger partial charge in [0.2, 0.25) is 0 Å². The minimum absolute atomic E-state index is 0.0755. The van der Waals surface area contributed by atoms with Crippen molar-refractivity contribution in [1.82, 2.24) is 0 Å². The lowest BCUT2D eigenvalue weighted by molar-refractivity contribution is -0.129. The van der Waals surface area contributed by atoms with Crippen molar-refractivity contribution in [3.63, 3.8) is 0 Å². The minimum atomic E-state index is -0.448. The van der Waals surface area contributed by atoms with Gasteiger partial charge in [-0.3, -0.25) is 9.59 Å². The molecule has 5 heteroatoms. The molecule has 0 amide bonds. The van der Waals surface area contributed by atoms with Gasteiger partial charge in [0.15, 0.2) is 5.78 Å². The highest BCUT2D eigenvalue weighted by Crippen LogP contribution is 2.35. The van der Waals surface area contributed by atoms with Crippen LogP contribution in [0, 0.1) is 10.8 Å². The van der Waals surface area contributed by atoms with Crippen LogP contribution in [0.4, 0.5) is 0 Å². The van der Waals surface area contributed by atoms with Crippen LogP contribution in [0.25, 0.3) is 0 Å². The van der Waals surface area contributed by atoms with Crippen LogP contribution in [-0.4, -0.2) is 41.1 Å². The second kappa shape index (κ2) is 8.59. The molecule has 1 aliphatic rings. The molecule has 0 unspecified atom stereocenters. The first-order valence-electron chi connectivity index (χ1n) is 7.80. The Labute approximate surface area is 137 Å². The third kappa shape index (κ3) is 5.29. The van der Waals surface area contributed by atoms with Crippen molar-refractivity contribution in [2.75, 3.05) is 29.6 Å². The summed E-state index contributed by atoms with van der Waals surface area (Å²) in [7, 11) is 0. The first-order valence-corrected chi connectivity index (χ1v) is 10.1. The van der Waals surface area contributed by atoms with E-state index in [-0.39, 0.29) is 17.7 Å². The molecule has 0 aromatic carbocycles. The maximum Gasteiger partial charge on any atom is 0.153 e. The van der Waals surface area contributed by atoms with Crippen molar-refractivity contribution < 1.29 is 9.59 Å². The zero-order chi connectivity index (χ0) is 15.9. The SMILES string of the molecule is CC[C@@]1(C)CSCCCSC[C@@](C)(C(=O)CN)CCC1=O. The Morgan fingerprint density at radius 1 is 1.24 bits per heavy atom. The van der Waals surface area contributed by atoms with Gasteiger partial charge in [-0.2, -0.15) is 23.5 Å². The highest BCUT2D eigenvalue weighted by atomic mass is 32.2. The molecular weight excluding hydrogens is 302 g/mol. The highest BCUT2D eigenvalue weighted by Gasteiger charge is 2.36. The lowest BCUT2D eigenvalue weighted by Crippen LogP contribution is -2.38. The topological polar surface area (TPSA) is 60.2 Å². The molecule has 1 fully saturated rings. The summed E-state index contributed by atoms with van der Waals surface area (Å²) >= 11 is 3.72. The van der Waals surface area contributed by atoms with Gasteiger partial charge in [-0.25, -0.2) is 0 Å². The van der Waals surface area contributed by atoms with Crippen molar-refractivity contribution in [1.29, 1.82) is 0 Å². The van der Waals surface area contributed by atoms with Crippen molar-refractivity contribution in [3.05, 3.63) is 0 Å². The summed E-state index contributed by atoms with van der Waals surface area (Å²) in [5.74, 6) is 4.25. The van der Waals surface area contributed by atoms with Crippen molar-refractivity contribution in [2.45, 2.75) is 46.5 Å². The number of rotatable bonds is 3. The molecule has 1 aliphatic heterocycles. The van der Waals surface area contributed by atoms with Crippen molar-refractivity contribution in [2.24, 2.45) is 16.6 Å². The number of Topliss-reactive ketones (excluding diaryl/α,β-unsaturated/α-hetero) is 2. The first-order chi connectivity index (χ1) is 9.88. The number of ketones is 2. The largest absolute Gasteiger partial charge is 0.324 e. The predicted octanol–water partition coefficient (Wildman–Crippen LogP) is 3.16. The van der Waals surface area contributed by atoms with E-state index in [9.17, 15) is 9.59 Å². The average molecular weight is 332 g/mol. The van der Waals surface area contributed by atoms with Gasteiger partial charge in [0.25, 0.3) is 0 Å². The molecule has 0 saturated carbocycles. The van der Waals surface area contributed by atoms with E-state index in [4.69, 9.17) is 5.73 Å². The Bertz CT molecular complexity index is 375. The second-order valence-corrected chi connectivity index (χ2v) is 8.69. The van der Waals surface area contributed by atoms with E-state index in [1.807, 2.05) is 30.4 Å². The summed E-state index contributed by atoms with van der Waals surface area (Å²) in [6, 6.07) is 0. The summed E-state index contributed by atoms with van der Waals surface area (Å²) in [6.07, 6.45) is 3.13. The normalized spacial score (nSPS) is 33.0. The predicted molar refractivity (Wildman–Crippen MR) is 94.1 cm³/mol. The molecule has 122 valence electrons. The number of hydrogen-bond donors (Lipinski definition) is 1. The van der Waals surface area contributed by atoms with Crippen LogP contribution in [0.1, 0.15) is 46.5 Å². The number of carbonyl (C=O) groups is 2. The van der Waals surface area contributed by atoms with Crippen LogP contribution in [0.15, 0.2) is 0 Å². The fourth-order valence-electron chi connectivity index (χ4n) is 2.47. The first kappa shape index (κ1) is 19.0. The third-order valence-corrected chi connectivity index (χ3v) is 7.47. The molecular formula is C16H29NO2S2. The fourth-order valence-corrected chi connectivity index (χ4v) is 5.21. The summed E-state index contributed by atoms with van der Waals surface area (Å²) in [4.78, 5) is 24.8. The molecule has 3 nitrogen and oxygen atoms in total. The third-order valence-electron chi connectivity index (χ3n) is 4.63. The summed E-state index contributed by atoms with van der Waals surface area (Å²) in [5.41, 5.74) is 4.88. The molecule has 1 saturated heterocycles. The van der Waals surface area contributed by atoms with E-state index in [1.54, 1.807) is 0 Å². The monoisotopic (exact) mass is 331 g/mol. The number of carbonyl (C=O) groups excluding carboxylic acids is 2. The molecule has 2 N–H and O–H groups in total. The van der Waals surface area contributed by atoms with Crippen LogP contribution < -0.4 is 5.73 Å². The maximum atomic E-state index is 12.6. The van der Waals surface area contributed by atoms with E-state index >= 15 is 0 Å². The Morgan fingerprint density at radius 2 is 1.86 bits per heavy atom. The zero-order valence-corrected chi connectivity index (χ0v) is 15.2. The molecule has 0 spiro atoms. The van der Waals surface area contributed by atoms with E-state index in [0.29, 0.717) is 18.6 Å². The van der Waals surface area contributed by atoms with Crippen LogP contribution in [0.5, 0.6) is 0 Å². The van der Waals surface area contributed by atoms with E-state index < -0.39 is 5.41 Å². The smallest absolute Gasteiger partial charge is 0.153 e. The van der Waals surface area contributed by atoms with Gasteiger partial charge in [0.1, 0.15) is 5.78 Å². The molecule has 1 heterocycles. The summed E-state index contributed by atoms with van der Waals surface area (Å²) in [5, 5.41) is 0. The summed E-state index contributed by atoms with van der Waals surface area (Å²) < 4.78 is 0. The molecule has 2 atom stereocenters. The van der Waals surface area contributed by atoms with Gasteiger partial charge in [0, 0.05) is 28.8 Å². The molecule has 1 rings (SSSR count). The maximum absolute atomic E-state index is 12.6. The van der Waals surface area contributed by atoms with Crippen LogP contribution in [0.2, 0.25) is 0 Å². The molecule has 0 aromatic heterocycles. The van der Waals surface area contributed by atoms with E-state index in [2.05, 4.69) is 13.8 Å². The zero-order valence-electron chi connectivity index (χ0n) is 13.6. The quantitative estimate of drug-likeness (QED) is 0.861. The van der Waals surface area contributed by atoms with Crippen LogP contribution in [0.3, 0.4) is 0 Å². The Morgan fingerprint density at radius 3 is 2.43 bits per heavy atom. The Hall–Kier alpha value is -0.0000000000000000555. The second-order valence-electron chi connectivity index (χ2n) is 6.48. The Balaban J connectivity index is 2.85. The Kier molecular flexibility index (Phi) is 7.79. The molecule has 0 radical (unpaired) electrons. The van der Waals surface area contributed by atoms with Gasteiger partial charge in [-0.1, -0.05) is 20.8 Å². The molecule has 0 aliphatic carbocycles. The number of hydrogen-bond acceptors (Lipinski definition) is 5. The van der Waals surface area contributed by atoms with E-state index in [1.165, 1.54) is 0 Å². The lowest BCUT2D eigenvalue weighted by Gasteiger charge is -2.31. The van der Waals surface area contributed by atoms with Crippen LogP contribution >= 0.6 is 23.5 Å². The fraction of sp³-hybridized carbons (Fsp3) is 0.875. The highest BCUT2D eigenvalue weighted by molar-refractivity contribution is 8.00. The van der Waals surface area contributed by atoms with Gasteiger partial charge >= 0.3 is 0 Å². The summed E-state index contributed by atoms with van der Waals surface area (Å²) in [6.45, 7) is 6.22. The van der Waals surface area contributed by atoms with Crippen molar-refractivity contribution in [3.8, 4) is 0 Å². The van der Waals surface area contributed by atoms with Gasteiger partial charge < -0.3 is 5.73 Å². The van der Waals surface area contributed by atoms with Crippen molar-refractivity contribution >= 4 is 35.1 Å². The molecule has 0 bridgehead atoms. The average Bonchev–Trinajstić information content (AvgIpc) is 2.49. The van der Waals surface area contributed by atoms with Gasteiger partial charge in [-0.05, 0) is 30.8 Å². The molecule has 21 heavy (non-hydrogen) atoms. The van der Waals surface area contributed by atoms with E-state index in [0.717, 1.165) is 35.9 Å². The number of thioether (sulfide) groups is 2. The minimum Gasteiger partial charge on any atom is -0.324 e.